The first-order valence-corrected chi connectivity index (χ1v) is 5.02. The van der Waals surface area contributed by atoms with Gasteiger partial charge >= 0.3 is 0 Å². The summed E-state index contributed by atoms with van der Waals surface area (Å²) in [5.74, 6) is -0.146. The van der Waals surface area contributed by atoms with E-state index in [2.05, 4.69) is 10.3 Å². The molecular formula is C11H14N2O2. The second-order valence-electron chi connectivity index (χ2n) is 4.03. The number of hydrogen-bond donors (Lipinski definition) is 2. The van der Waals surface area contributed by atoms with E-state index < -0.39 is 0 Å². The first-order chi connectivity index (χ1) is 7.17. The van der Waals surface area contributed by atoms with Crippen molar-refractivity contribution in [3.8, 4) is 0 Å². The molecule has 0 unspecified atom stereocenters. The molecule has 0 radical (unpaired) electrons. The smallest absolute Gasteiger partial charge is 0.253 e. The minimum atomic E-state index is -0.362. The molecule has 1 aliphatic carbocycles. The SMILES string of the molecule is Cc1ncccc1C(=O)NC1(CO)CC1. The van der Waals surface area contributed by atoms with Crippen LogP contribution in [0.3, 0.4) is 0 Å². The van der Waals surface area contributed by atoms with E-state index >= 15 is 0 Å². The van der Waals surface area contributed by atoms with Gasteiger partial charge in [0.15, 0.2) is 0 Å². The van der Waals surface area contributed by atoms with Gasteiger partial charge in [0.25, 0.3) is 5.91 Å². The number of aliphatic hydroxyl groups excluding tert-OH is 1. The molecule has 0 aliphatic heterocycles. The predicted octanol–water partition coefficient (Wildman–Crippen LogP) is 0.645. The van der Waals surface area contributed by atoms with Crippen LogP contribution in [0, 0.1) is 6.92 Å². The molecule has 0 bridgehead atoms. The maximum Gasteiger partial charge on any atom is 0.253 e. The highest BCUT2D eigenvalue weighted by molar-refractivity contribution is 5.95. The zero-order valence-corrected chi connectivity index (χ0v) is 8.66. The molecule has 1 aliphatic rings. The Balaban J connectivity index is 2.12. The number of rotatable bonds is 3. The summed E-state index contributed by atoms with van der Waals surface area (Å²) in [5, 5.41) is 11.9. The quantitative estimate of drug-likeness (QED) is 0.763. The minimum absolute atomic E-state index is 0.0120. The van der Waals surface area contributed by atoms with Crippen molar-refractivity contribution >= 4 is 5.91 Å². The molecule has 0 aromatic carbocycles. The molecule has 80 valence electrons. The van der Waals surface area contributed by atoms with Crippen LogP contribution in [0.25, 0.3) is 0 Å². The third kappa shape index (κ3) is 1.99. The molecule has 2 rings (SSSR count). The van der Waals surface area contributed by atoms with Gasteiger partial charge in [-0.1, -0.05) is 0 Å². The largest absolute Gasteiger partial charge is 0.394 e. The van der Waals surface area contributed by atoms with E-state index in [1.54, 1.807) is 25.3 Å². The summed E-state index contributed by atoms with van der Waals surface area (Å²) in [6.45, 7) is 1.81. The fraction of sp³-hybridized carbons (Fsp3) is 0.455. The maximum atomic E-state index is 11.8. The molecule has 0 atom stereocenters. The molecule has 1 heterocycles. The molecular weight excluding hydrogens is 192 g/mol. The molecule has 1 fully saturated rings. The van der Waals surface area contributed by atoms with E-state index in [0.29, 0.717) is 11.3 Å². The minimum Gasteiger partial charge on any atom is -0.394 e. The van der Waals surface area contributed by atoms with Gasteiger partial charge < -0.3 is 10.4 Å². The van der Waals surface area contributed by atoms with Gasteiger partial charge in [0.2, 0.25) is 0 Å². The number of aliphatic hydroxyl groups is 1. The van der Waals surface area contributed by atoms with Crippen molar-refractivity contribution < 1.29 is 9.90 Å². The van der Waals surface area contributed by atoms with Gasteiger partial charge in [-0.15, -0.1) is 0 Å². The number of aromatic nitrogens is 1. The Morgan fingerprint density at radius 3 is 2.93 bits per heavy atom. The second-order valence-corrected chi connectivity index (χ2v) is 4.03. The van der Waals surface area contributed by atoms with Crippen LogP contribution in [0.5, 0.6) is 0 Å². The standard InChI is InChI=1S/C11H14N2O2/c1-8-9(3-2-6-12-8)10(15)13-11(7-14)4-5-11/h2-3,6,14H,4-5,7H2,1H3,(H,13,15). The zero-order valence-electron chi connectivity index (χ0n) is 8.66. The average molecular weight is 206 g/mol. The Kier molecular flexibility index (Phi) is 2.44. The normalized spacial score (nSPS) is 17.2. The third-order valence-electron chi connectivity index (χ3n) is 2.79. The Morgan fingerprint density at radius 2 is 2.40 bits per heavy atom. The highest BCUT2D eigenvalue weighted by Crippen LogP contribution is 2.34. The number of carbonyl (C=O) groups is 1. The lowest BCUT2D eigenvalue weighted by Gasteiger charge is -2.14. The summed E-state index contributed by atoms with van der Waals surface area (Å²) in [6, 6.07) is 3.48. The molecule has 1 aromatic rings. The van der Waals surface area contributed by atoms with E-state index in [-0.39, 0.29) is 18.1 Å². The second kappa shape index (κ2) is 3.62. The Morgan fingerprint density at radius 1 is 1.67 bits per heavy atom. The number of nitrogens with one attached hydrogen (secondary N) is 1. The molecule has 4 nitrogen and oxygen atoms in total. The maximum absolute atomic E-state index is 11.8. The molecule has 2 N–H and O–H groups in total. The number of amides is 1. The van der Waals surface area contributed by atoms with Gasteiger partial charge in [-0.2, -0.15) is 0 Å². The fourth-order valence-corrected chi connectivity index (χ4v) is 1.51. The molecule has 1 aromatic heterocycles. The Hall–Kier alpha value is -1.42. The van der Waals surface area contributed by atoms with Crippen LogP contribution in [0.2, 0.25) is 0 Å². The van der Waals surface area contributed by atoms with E-state index in [4.69, 9.17) is 5.11 Å². The van der Waals surface area contributed by atoms with Crippen LogP contribution < -0.4 is 5.32 Å². The number of carbonyl (C=O) groups excluding carboxylic acids is 1. The van der Waals surface area contributed by atoms with Crippen molar-refractivity contribution in [1.29, 1.82) is 0 Å². The summed E-state index contributed by atoms with van der Waals surface area (Å²) < 4.78 is 0. The van der Waals surface area contributed by atoms with Crippen molar-refractivity contribution in [2.75, 3.05) is 6.61 Å². The summed E-state index contributed by atoms with van der Waals surface area (Å²) in [6.07, 6.45) is 3.37. The van der Waals surface area contributed by atoms with Crippen LogP contribution in [-0.4, -0.2) is 28.1 Å². The number of pyridine rings is 1. The number of aryl methyl sites for hydroxylation is 1. The Labute approximate surface area is 88.3 Å². The molecule has 0 spiro atoms. The van der Waals surface area contributed by atoms with E-state index in [9.17, 15) is 4.79 Å². The zero-order chi connectivity index (χ0) is 10.9. The van der Waals surface area contributed by atoms with Crippen LogP contribution in [-0.2, 0) is 0 Å². The topological polar surface area (TPSA) is 62.2 Å². The van der Waals surface area contributed by atoms with Crippen molar-refractivity contribution in [2.24, 2.45) is 0 Å². The van der Waals surface area contributed by atoms with E-state index in [1.165, 1.54) is 0 Å². The van der Waals surface area contributed by atoms with Crippen molar-refractivity contribution in [2.45, 2.75) is 25.3 Å². The molecule has 15 heavy (non-hydrogen) atoms. The fourth-order valence-electron chi connectivity index (χ4n) is 1.51. The lowest BCUT2D eigenvalue weighted by molar-refractivity contribution is 0.0905. The number of hydrogen-bond acceptors (Lipinski definition) is 3. The van der Waals surface area contributed by atoms with Crippen LogP contribution >= 0.6 is 0 Å². The molecule has 0 saturated heterocycles. The summed E-state index contributed by atoms with van der Waals surface area (Å²) in [5.41, 5.74) is 0.931. The van der Waals surface area contributed by atoms with Gasteiger partial charge in [0.05, 0.1) is 17.7 Å². The first kappa shape index (κ1) is 10.1. The summed E-state index contributed by atoms with van der Waals surface area (Å²) in [7, 11) is 0. The molecule has 4 heteroatoms. The van der Waals surface area contributed by atoms with Gasteiger partial charge in [0, 0.05) is 11.9 Å². The highest BCUT2D eigenvalue weighted by atomic mass is 16.3. The van der Waals surface area contributed by atoms with E-state index in [0.717, 1.165) is 12.8 Å². The first-order valence-electron chi connectivity index (χ1n) is 5.02. The lowest BCUT2D eigenvalue weighted by atomic mass is 10.1. The highest BCUT2D eigenvalue weighted by Gasteiger charge is 2.43. The van der Waals surface area contributed by atoms with Crippen LogP contribution in [0.15, 0.2) is 18.3 Å². The van der Waals surface area contributed by atoms with Gasteiger partial charge in [-0.05, 0) is 31.9 Å². The van der Waals surface area contributed by atoms with Crippen LogP contribution in [0.4, 0.5) is 0 Å². The van der Waals surface area contributed by atoms with Crippen molar-refractivity contribution in [1.82, 2.24) is 10.3 Å². The van der Waals surface area contributed by atoms with Crippen molar-refractivity contribution in [3.63, 3.8) is 0 Å². The van der Waals surface area contributed by atoms with Gasteiger partial charge in [-0.3, -0.25) is 9.78 Å². The average Bonchev–Trinajstić information content (AvgIpc) is 2.99. The van der Waals surface area contributed by atoms with Gasteiger partial charge in [0.1, 0.15) is 0 Å². The monoisotopic (exact) mass is 206 g/mol. The van der Waals surface area contributed by atoms with E-state index in [1.807, 2.05) is 0 Å². The summed E-state index contributed by atoms with van der Waals surface area (Å²) >= 11 is 0. The molecule has 1 amide bonds. The molecule has 1 saturated carbocycles. The third-order valence-corrected chi connectivity index (χ3v) is 2.79. The van der Waals surface area contributed by atoms with Gasteiger partial charge in [-0.25, -0.2) is 0 Å². The Bertz CT molecular complexity index is 386. The number of nitrogens with zero attached hydrogens (tertiary/aromatic N) is 1. The lowest BCUT2D eigenvalue weighted by Crippen LogP contribution is -2.39. The van der Waals surface area contributed by atoms with Crippen molar-refractivity contribution in [3.05, 3.63) is 29.6 Å². The summed E-state index contributed by atoms with van der Waals surface area (Å²) in [4.78, 5) is 15.9. The predicted molar refractivity (Wildman–Crippen MR) is 55.5 cm³/mol. The van der Waals surface area contributed by atoms with Crippen LogP contribution in [0.1, 0.15) is 28.9 Å².